The number of hydrogen-bond donors (Lipinski definition) is 1. The molecule has 0 saturated heterocycles. The van der Waals surface area contributed by atoms with Crippen molar-refractivity contribution in [3.63, 3.8) is 0 Å². The molecule has 9 heteroatoms. The number of carbonyl (C=O) groups is 1. The molecule has 0 radical (unpaired) electrons. The lowest BCUT2D eigenvalue weighted by Gasteiger charge is -2.23. The maximum atomic E-state index is 12.1. The van der Waals surface area contributed by atoms with E-state index in [-0.39, 0.29) is 16.1 Å². The summed E-state index contributed by atoms with van der Waals surface area (Å²) in [5, 5.41) is 4.48. The minimum atomic E-state index is -3.74. The van der Waals surface area contributed by atoms with Crippen molar-refractivity contribution in [1.29, 1.82) is 0 Å². The van der Waals surface area contributed by atoms with E-state index in [0.717, 1.165) is 10.6 Å². The van der Waals surface area contributed by atoms with Crippen molar-refractivity contribution in [2.24, 2.45) is 10.5 Å². The summed E-state index contributed by atoms with van der Waals surface area (Å²) in [4.78, 5) is 12.1. The molecule has 0 aliphatic heterocycles. The predicted octanol–water partition coefficient (Wildman–Crippen LogP) is 3.30. The number of hydrogen-bond acceptors (Lipinski definition) is 4. The van der Waals surface area contributed by atoms with E-state index in [1.807, 2.05) is 20.8 Å². The Hall–Kier alpha value is -1.31. The fourth-order valence-electron chi connectivity index (χ4n) is 1.54. The predicted molar refractivity (Wildman–Crippen MR) is 99.4 cm³/mol. The Labute approximate surface area is 152 Å². The number of hydrazone groups is 1. The number of amides is 1. The number of halogens is 2. The van der Waals surface area contributed by atoms with E-state index in [2.05, 4.69) is 10.5 Å². The van der Waals surface area contributed by atoms with Gasteiger partial charge in [-0.25, -0.2) is 13.8 Å². The summed E-state index contributed by atoms with van der Waals surface area (Å²) in [6.45, 7) is 7.17. The average Bonchev–Trinajstić information content (AvgIpc) is 2.42. The van der Waals surface area contributed by atoms with Gasteiger partial charge in [-0.1, -0.05) is 44.0 Å². The van der Waals surface area contributed by atoms with Crippen molar-refractivity contribution in [2.75, 3.05) is 17.1 Å². The number of nitrogens with one attached hydrogen (secondary N) is 1. The molecule has 1 aromatic carbocycles. The number of carbonyl (C=O) groups excluding carboxylic acids is 1. The van der Waals surface area contributed by atoms with Gasteiger partial charge >= 0.3 is 0 Å². The van der Waals surface area contributed by atoms with Gasteiger partial charge in [-0.2, -0.15) is 5.10 Å². The summed E-state index contributed by atoms with van der Waals surface area (Å²) in [6.07, 6.45) is 0.987. The van der Waals surface area contributed by atoms with Crippen molar-refractivity contribution < 1.29 is 13.2 Å². The van der Waals surface area contributed by atoms with E-state index in [1.54, 1.807) is 6.92 Å². The van der Waals surface area contributed by atoms with Crippen LogP contribution in [0.5, 0.6) is 0 Å². The van der Waals surface area contributed by atoms with Gasteiger partial charge in [0, 0.05) is 16.1 Å². The second-order valence-corrected chi connectivity index (χ2v) is 9.10. The lowest BCUT2D eigenvalue weighted by atomic mass is 9.91. The third kappa shape index (κ3) is 5.96. The van der Waals surface area contributed by atoms with Gasteiger partial charge in [0.1, 0.15) is 6.54 Å². The molecular formula is C15H21Cl2N3O3S. The molecule has 0 aliphatic carbocycles. The van der Waals surface area contributed by atoms with Gasteiger partial charge in [0.15, 0.2) is 0 Å². The van der Waals surface area contributed by atoms with E-state index in [9.17, 15) is 13.2 Å². The Bertz CT molecular complexity index is 756. The summed E-state index contributed by atoms with van der Waals surface area (Å²) >= 11 is 11.9. The molecule has 0 saturated carbocycles. The highest BCUT2D eigenvalue weighted by molar-refractivity contribution is 7.92. The minimum absolute atomic E-state index is 0.137. The molecule has 1 aromatic rings. The molecule has 0 bridgehead atoms. The SMILES string of the molecule is CC(=NNC(=O)CN(c1cc(Cl)ccc1Cl)S(C)(=O)=O)C(C)(C)C. The standard InChI is InChI=1S/C15H21Cl2N3O3S/c1-10(15(2,3)4)18-19-14(21)9-20(24(5,22)23)13-8-11(16)6-7-12(13)17/h6-8H,9H2,1-5H3,(H,19,21). The summed E-state index contributed by atoms with van der Waals surface area (Å²) in [7, 11) is -3.74. The van der Waals surface area contributed by atoms with Crippen molar-refractivity contribution in [1.82, 2.24) is 5.43 Å². The molecule has 1 rings (SSSR count). The number of benzene rings is 1. The van der Waals surface area contributed by atoms with E-state index >= 15 is 0 Å². The number of nitrogens with zero attached hydrogens (tertiary/aromatic N) is 2. The Morgan fingerprint density at radius 2 is 1.88 bits per heavy atom. The summed E-state index contributed by atoms with van der Waals surface area (Å²) in [5.41, 5.74) is 3.00. The zero-order valence-corrected chi connectivity index (χ0v) is 16.6. The Morgan fingerprint density at radius 1 is 1.29 bits per heavy atom. The molecule has 0 unspecified atom stereocenters. The van der Waals surface area contributed by atoms with E-state index < -0.39 is 22.5 Å². The molecule has 0 spiro atoms. The molecular weight excluding hydrogens is 373 g/mol. The zero-order chi connectivity index (χ0) is 18.7. The number of rotatable bonds is 5. The maximum Gasteiger partial charge on any atom is 0.260 e. The minimum Gasteiger partial charge on any atom is -0.271 e. The van der Waals surface area contributed by atoms with Gasteiger partial charge < -0.3 is 0 Å². The van der Waals surface area contributed by atoms with Crippen molar-refractivity contribution in [2.45, 2.75) is 27.7 Å². The molecule has 24 heavy (non-hydrogen) atoms. The summed E-state index contributed by atoms with van der Waals surface area (Å²) in [6, 6.07) is 4.39. The van der Waals surface area contributed by atoms with Crippen LogP contribution in [0, 0.1) is 5.41 Å². The Kier molecular flexibility index (Phi) is 6.67. The first kappa shape index (κ1) is 20.7. The highest BCUT2D eigenvalue weighted by Crippen LogP contribution is 2.30. The molecule has 0 aromatic heterocycles. The van der Waals surface area contributed by atoms with Gasteiger partial charge in [-0.05, 0) is 25.1 Å². The molecule has 1 amide bonds. The lowest BCUT2D eigenvalue weighted by molar-refractivity contribution is -0.119. The second kappa shape index (κ2) is 7.72. The van der Waals surface area contributed by atoms with Crippen LogP contribution in [0.25, 0.3) is 0 Å². The first-order chi connectivity index (χ1) is 10.8. The molecule has 134 valence electrons. The zero-order valence-electron chi connectivity index (χ0n) is 14.2. The molecule has 1 N–H and O–H groups in total. The van der Waals surface area contributed by atoms with Crippen molar-refractivity contribution in [3.8, 4) is 0 Å². The third-order valence-corrected chi connectivity index (χ3v) is 4.98. The Morgan fingerprint density at radius 3 is 2.38 bits per heavy atom. The monoisotopic (exact) mass is 393 g/mol. The topological polar surface area (TPSA) is 78.8 Å². The first-order valence-electron chi connectivity index (χ1n) is 7.08. The van der Waals surface area contributed by atoms with Crippen LogP contribution in [0.15, 0.2) is 23.3 Å². The van der Waals surface area contributed by atoms with Crippen LogP contribution in [0.2, 0.25) is 10.0 Å². The highest BCUT2D eigenvalue weighted by Gasteiger charge is 2.23. The molecule has 0 heterocycles. The highest BCUT2D eigenvalue weighted by atomic mass is 35.5. The van der Waals surface area contributed by atoms with Crippen molar-refractivity contribution in [3.05, 3.63) is 28.2 Å². The van der Waals surface area contributed by atoms with Gasteiger partial charge in [0.25, 0.3) is 5.91 Å². The number of sulfonamides is 1. The van der Waals surface area contributed by atoms with Crippen LogP contribution < -0.4 is 9.73 Å². The molecule has 0 atom stereocenters. The van der Waals surface area contributed by atoms with E-state index in [1.165, 1.54) is 18.2 Å². The fraction of sp³-hybridized carbons (Fsp3) is 0.467. The maximum absolute atomic E-state index is 12.1. The van der Waals surface area contributed by atoms with Crippen LogP contribution in [0.3, 0.4) is 0 Å². The van der Waals surface area contributed by atoms with Gasteiger partial charge in [-0.15, -0.1) is 0 Å². The lowest BCUT2D eigenvalue weighted by Crippen LogP contribution is -2.39. The molecule has 0 fully saturated rings. The van der Waals surface area contributed by atoms with Crippen LogP contribution >= 0.6 is 23.2 Å². The average molecular weight is 394 g/mol. The van der Waals surface area contributed by atoms with Crippen LogP contribution in [0.4, 0.5) is 5.69 Å². The van der Waals surface area contributed by atoms with Crippen LogP contribution in [0.1, 0.15) is 27.7 Å². The van der Waals surface area contributed by atoms with Gasteiger partial charge in [-0.3, -0.25) is 9.10 Å². The largest absolute Gasteiger partial charge is 0.271 e. The first-order valence-corrected chi connectivity index (χ1v) is 9.69. The Balaban J connectivity index is 3.05. The van der Waals surface area contributed by atoms with Crippen LogP contribution in [-0.2, 0) is 14.8 Å². The van der Waals surface area contributed by atoms with E-state index in [4.69, 9.17) is 23.2 Å². The van der Waals surface area contributed by atoms with Crippen LogP contribution in [-0.4, -0.2) is 32.8 Å². The number of anilines is 1. The summed E-state index contributed by atoms with van der Waals surface area (Å²) in [5.74, 6) is -0.583. The third-order valence-electron chi connectivity index (χ3n) is 3.30. The molecule has 0 aliphatic rings. The van der Waals surface area contributed by atoms with Gasteiger partial charge in [0.2, 0.25) is 10.0 Å². The smallest absolute Gasteiger partial charge is 0.260 e. The second-order valence-electron chi connectivity index (χ2n) is 6.35. The van der Waals surface area contributed by atoms with Gasteiger partial charge in [0.05, 0.1) is 17.0 Å². The summed E-state index contributed by atoms with van der Waals surface area (Å²) < 4.78 is 25.0. The normalized spacial score (nSPS) is 12.9. The quantitative estimate of drug-likeness (QED) is 0.615. The van der Waals surface area contributed by atoms with E-state index in [0.29, 0.717) is 10.7 Å². The fourth-order valence-corrected chi connectivity index (χ4v) is 2.83. The van der Waals surface area contributed by atoms with Crippen molar-refractivity contribution >= 4 is 50.5 Å². The molecule has 6 nitrogen and oxygen atoms in total.